The third kappa shape index (κ3) is 3.90. The molecule has 116 valence electrons. The number of ether oxygens (including phenoxy) is 2. The molecular weight excluding hydrogens is 332 g/mol. The Morgan fingerprint density at radius 3 is 3.00 bits per heavy atom. The number of hydrogen-bond donors (Lipinski definition) is 1. The zero-order valence-electron chi connectivity index (χ0n) is 12.5. The third-order valence-corrected chi connectivity index (χ3v) is 4.67. The van der Waals surface area contributed by atoms with Gasteiger partial charge < -0.3 is 19.7 Å². The predicted octanol–water partition coefficient (Wildman–Crippen LogP) is 2.79. The molecule has 21 heavy (non-hydrogen) atoms. The van der Waals surface area contributed by atoms with Crippen molar-refractivity contribution in [1.82, 2.24) is 10.2 Å². The molecule has 1 saturated heterocycles. The van der Waals surface area contributed by atoms with Crippen LogP contribution in [0.15, 0.2) is 16.6 Å². The van der Waals surface area contributed by atoms with E-state index in [9.17, 15) is 0 Å². The van der Waals surface area contributed by atoms with Gasteiger partial charge in [-0.3, -0.25) is 0 Å². The maximum atomic E-state index is 5.79. The van der Waals surface area contributed by atoms with E-state index in [2.05, 4.69) is 45.3 Å². The van der Waals surface area contributed by atoms with Gasteiger partial charge in [-0.15, -0.1) is 0 Å². The highest BCUT2D eigenvalue weighted by atomic mass is 79.9. The van der Waals surface area contributed by atoms with Gasteiger partial charge in [0.25, 0.3) is 0 Å². The maximum absolute atomic E-state index is 5.79. The number of nitrogens with one attached hydrogen (secondary N) is 1. The highest BCUT2D eigenvalue weighted by molar-refractivity contribution is 9.10. The van der Waals surface area contributed by atoms with Gasteiger partial charge in [-0.25, -0.2) is 0 Å². The van der Waals surface area contributed by atoms with Gasteiger partial charge in [0.15, 0.2) is 11.5 Å². The number of fused-ring (bicyclic) bond motifs is 1. The van der Waals surface area contributed by atoms with Crippen LogP contribution in [0.1, 0.15) is 24.8 Å². The second kappa shape index (κ2) is 6.99. The van der Waals surface area contributed by atoms with E-state index in [0.29, 0.717) is 6.04 Å². The molecule has 1 fully saturated rings. The minimum Gasteiger partial charge on any atom is -0.490 e. The van der Waals surface area contributed by atoms with Crippen LogP contribution in [0.25, 0.3) is 0 Å². The van der Waals surface area contributed by atoms with Crippen molar-refractivity contribution >= 4 is 15.9 Å². The standard InChI is InChI=1S/C16H23BrN2O2/c1-19-5-2-4-13(11-19)18-10-12-8-14(17)16-15(9-12)20-6-3-7-21-16/h8-9,13,18H,2-7,10-11H2,1H3. The fraction of sp³-hybridized carbons (Fsp3) is 0.625. The molecule has 2 aliphatic rings. The summed E-state index contributed by atoms with van der Waals surface area (Å²) in [5.41, 5.74) is 1.24. The summed E-state index contributed by atoms with van der Waals surface area (Å²) in [5.74, 6) is 1.70. The number of rotatable bonds is 3. The van der Waals surface area contributed by atoms with E-state index >= 15 is 0 Å². The van der Waals surface area contributed by atoms with Crippen molar-refractivity contribution in [2.45, 2.75) is 31.8 Å². The van der Waals surface area contributed by atoms with E-state index in [4.69, 9.17) is 9.47 Å². The number of likely N-dealkylation sites (N-methyl/N-ethyl adjacent to an activating group) is 1. The molecule has 1 aromatic carbocycles. The average Bonchev–Trinajstić information content (AvgIpc) is 2.71. The normalized spacial score (nSPS) is 22.9. The maximum Gasteiger partial charge on any atom is 0.175 e. The van der Waals surface area contributed by atoms with Gasteiger partial charge in [0, 0.05) is 25.6 Å². The Hall–Kier alpha value is -0.780. The average molecular weight is 355 g/mol. The summed E-state index contributed by atoms with van der Waals surface area (Å²) in [5, 5.41) is 3.66. The molecule has 0 spiro atoms. The smallest absolute Gasteiger partial charge is 0.175 e. The van der Waals surface area contributed by atoms with Crippen LogP contribution < -0.4 is 14.8 Å². The highest BCUT2D eigenvalue weighted by Crippen LogP contribution is 2.38. The van der Waals surface area contributed by atoms with Crippen molar-refractivity contribution in [2.75, 3.05) is 33.4 Å². The van der Waals surface area contributed by atoms with Gasteiger partial charge in [-0.1, -0.05) is 0 Å². The molecule has 0 amide bonds. The van der Waals surface area contributed by atoms with Gasteiger partial charge in [-0.2, -0.15) is 0 Å². The second-order valence-corrected chi connectivity index (χ2v) is 6.79. The Labute approximate surface area is 134 Å². The third-order valence-electron chi connectivity index (χ3n) is 4.08. The summed E-state index contributed by atoms with van der Waals surface area (Å²) >= 11 is 3.60. The first-order chi connectivity index (χ1) is 10.2. The van der Waals surface area contributed by atoms with E-state index in [0.717, 1.165) is 48.7 Å². The van der Waals surface area contributed by atoms with Crippen LogP contribution in [-0.4, -0.2) is 44.3 Å². The van der Waals surface area contributed by atoms with Crippen LogP contribution in [0.5, 0.6) is 11.5 Å². The molecule has 0 aromatic heterocycles. The molecule has 4 nitrogen and oxygen atoms in total. The Balaban J connectivity index is 1.65. The van der Waals surface area contributed by atoms with Crippen LogP contribution in [0.4, 0.5) is 0 Å². The van der Waals surface area contributed by atoms with Gasteiger partial charge >= 0.3 is 0 Å². The minimum atomic E-state index is 0.582. The first-order valence-electron chi connectivity index (χ1n) is 7.72. The van der Waals surface area contributed by atoms with E-state index in [1.54, 1.807) is 0 Å². The van der Waals surface area contributed by atoms with Crippen molar-refractivity contribution < 1.29 is 9.47 Å². The topological polar surface area (TPSA) is 33.7 Å². The van der Waals surface area contributed by atoms with Crippen LogP contribution in [-0.2, 0) is 6.54 Å². The van der Waals surface area contributed by atoms with Gasteiger partial charge in [0.2, 0.25) is 0 Å². The summed E-state index contributed by atoms with van der Waals surface area (Å²) in [4.78, 5) is 2.39. The largest absolute Gasteiger partial charge is 0.490 e. The molecule has 1 aromatic rings. The van der Waals surface area contributed by atoms with E-state index < -0.39 is 0 Å². The number of likely N-dealkylation sites (tertiary alicyclic amines) is 1. The Morgan fingerprint density at radius 1 is 1.29 bits per heavy atom. The number of nitrogens with zero attached hydrogens (tertiary/aromatic N) is 1. The Kier molecular flexibility index (Phi) is 5.03. The van der Waals surface area contributed by atoms with Crippen molar-refractivity contribution in [2.24, 2.45) is 0 Å². The molecule has 0 radical (unpaired) electrons. The summed E-state index contributed by atoms with van der Waals surface area (Å²) in [6.45, 7) is 4.66. The second-order valence-electron chi connectivity index (χ2n) is 5.94. The fourth-order valence-corrected chi connectivity index (χ4v) is 3.59. The molecule has 1 atom stereocenters. The first kappa shape index (κ1) is 15.1. The molecule has 2 aliphatic heterocycles. The van der Waals surface area contributed by atoms with Gasteiger partial charge in [-0.05, 0) is 60.1 Å². The summed E-state index contributed by atoms with van der Waals surface area (Å²) in [6, 6.07) is 4.82. The molecule has 0 bridgehead atoms. The molecule has 0 aliphatic carbocycles. The summed E-state index contributed by atoms with van der Waals surface area (Å²) in [6.07, 6.45) is 3.47. The minimum absolute atomic E-state index is 0.582. The molecule has 1 unspecified atom stereocenters. The molecular formula is C16H23BrN2O2. The molecule has 2 heterocycles. The first-order valence-corrected chi connectivity index (χ1v) is 8.51. The quantitative estimate of drug-likeness (QED) is 0.904. The van der Waals surface area contributed by atoms with Crippen molar-refractivity contribution in [3.05, 3.63) is 22.2 Å². The van der Waals surface area contributed by atoms with E-state index in [1.165, 1.54) is 24.9 Å². The lowest BCUT2D eigenvalue weighted by atomic mass is 10.1. The lowest BCUT2D eigenvalue weighted by Crippen LogP contribution is -2.43. The zero-order valence-corrected chi connectivity index (χ0v) is 14.1. The summed E-state index contributed by atoms with van der Waals surface area (Å²) < 4.78 is 12.5. The van der Waals surface area contributed by atoms with Crippen molar-refractivity contribution in [3.63, 3.8) is 0 Å². The number of halogens is 1. The molecule has 5 heteroatoms. The zero-order chi connectivity index (χ0) is 14.7. The lowest BCUT2D eigenvalue weighted by molar-refractivity contribution is 0.226. The fourth-order valence-electron chi connectivity index (χ4n) is 2.98. The van der Waals surface area contributed by atoms with Crippen LogP contribution in [0.2, 0.25) is 0 Å². The van der Waals surface area contributed by atoms with Crippen LogP contribution >= 0.6 is 15.9 Å². The van der Waals surface area contributed by atoms with Crippen molar-refractivity contribution in [1.29, 1.82) is 0 Å². The van der Waals surface area contributed by atoms with Crippen LogP contribution in [0.3, 0.4) is 0 Å². The number of piperidine rings is 1. The number of hydrogen-bond acceptors (Lipinski definition) is 4. The van der Waals surface area contributed by atoms with E-state index in [1.807, 2.05) is 0 Å². The highest BCUT2D eigenvalue weighted by Gasteiger charge is 2.18. The molecule has 0 saturated carbocycles. The molecule has 1 N–H and O–H groups in total. The monoisotopic (exact) mass is 354 g/mol. The molecule has 3 rings (SSSR count). The van der Waals surface area contributed by atoms with Crippen molar-refractivity contribution in [3.8, 4) is 11.5 Å². The Morgan fingerprint density at radius 2 is 2.14 bits per heavy atom. The van der Waals surface area contributed by atoms with E-state index in [-0.39, 0.29) is 0 Å². The SMILES string of the molecule is CN1CCCC(NCc2cc(Br)c3c(c2)OCCCO3)C1. The van der Waals surface area contributed by atoms with Gasteiger partial charge in [0.05, 0.1) is 17.7 Å². The van der Waals surface area contributed by atoms with Crippen LogP contribution in [0, 0.1) is 0 Å². The number of benzene rings is 1. The van der Waals surface area contributed by atoms with Gasteiger partial charge in [0.1, 0.15) is 0 Å². The predicted molar refractivity (Wildman–Crippen MR) is 87.1 cm³/mol. The Bertz CT molecular complexity index is 495. The lowest BCUT2D eigenvalue weighted by Gasteiger charge is -2.30. The summed E-state index contributed by atoms with van der Waals surface area (Å²) in [7, 11) is 2.19.